The Kier molecular flexibility index (Phi) is 3.81. The lowest BCUT2D eigenvalue weighted by Gasteiger charge is -2.16. The van der Waals surface area contributed by atoms with Crippen LogP contribution in [0.4, 0.5) is 15.9 Å². The molecule has 1 amide bonds. The minimum atomic E-state index is -0.531. The number of carbonyl (C=O) groups is 1. The molecule has 0 atom stereocenters. The highest BCUT2D eigenvalue weighted by molar-refractivity contribution is 6.04. The quantitative estimate of drug-likeness (QED) is 0.942. The van der Waals surface area contributed by atoms with E-state index in [1.807, 2.05) is 6.07 Å². The molecule has 1 N–H and O–H groups in total. The lowest BCUT2D eigenvalue weighted by Crippen LogP contribution is -2.19. The van der Waals surface area contributed by atoms with E-state index >= 15 is 0 Å². The highest BCUT2D eigenvalue weighted by atomic mass is 19.1. The van der Waals surface area contributed by atoms with Crippen molar-refractivity contribution in [1.29, 1.82) is 0 Å². The molecular formula is C16H16FN3O. The van der Waals surface area contributed by atoms with E-state index in [9.17, 15) is 9.18 Å². The molecule has 4 nitrogen and oxygen atoms in total. The lowest BCUT2D eigenvalue weighted by molar-refractivity contribution is 0.102. The molecule has 1 aliphatic heterocycles. The van der Waals surface area contributed by atoms with Gasteiger partial charge in [-0.25, -0.2) is 9.37 Å². The summed E-state index contributed by atoms with van der Waals surface area (Å²) >= 11 is 0. The fourth-order valence-electron chi connectivity index (χ4n) is 2.44. The molecule has 108 valence electrons. The van der Waals surface area contributed by atoms with Crippen LogP contribution in [0, 0.1) is 5.82 Å². The molecular weight excluding hydrogens is 269 g/mol. The van der Waals surface area contributed by atoms with E-state index in [4.69, 9.17) is 0 Å². The van der Waals surface area contributed by atoms with Crippen molar-refractivity contribution in [3.05, 3.63) is 54.0 Å². The van der Waals surface area contributed by atoms with Gasteiger partial charge in [-0.05, 0) is 37.1 Å². The van der Waals surface area contributed by atoms with Gasteiger partial charge in [-0.3, -0.25) is 4.79 Å². The molecule has 1 aromatic carbocycles. The number of hydrogen-bond donors (Lipinski definition) is 1. The summed E-state index contributed by atoms with van der Waals surface area (Å²) < 4.78 is 13.5. The molecule has 0 bridgehead atoms. The summed E-state index contributed by atoms with van der Waals surface area (Å²) in [6, 6.07) is 9.58. The van der Waals surface area contributed by atoms with Crippen LogP contribution in [0.5, 0.6) is 0 Å². The first kappa shape index (κ1) is 13.5. The maximum absolute atomic E-state index is 13.5. The number of anilines is 2. The van der Waals surface area contributed by atoms with Crippen LogP contribution in [-0.4, -0.2) is 24.0 Å². The maximum atomic E-state index is 13.5. The number of pyridine rings is 1. The fraction of sp³-hybridized carbons (Fsp3) is 0.250. The number of aromatic nitrogens is 1. The Labute approximate surface area is 122 Å². The van der Waals surface area contributed by atoms with Crippen molar-refractivity contribution in [2.75, 3.05) is 23.3 Å². The molecule has 0 aliphatic carbocycles. The Morgan fingerprint density at radius 1 is 1.14 bits per heavy atom. The van der Waals surface area contributed by atoms with Gasteiger partial charge in [-0.2, -0.15) is 0 Å². The first-order chi connectivity index (χ1) is 10.2. The van der Waals surface area contributed by atoms with Crippen molar-refractivity contribution in [1.82, 2.24) is 4.98 Å². The second-order valence-electron chi connectivity index (χ2n) is 5.03. The first-order valence-electron chi connectivity index (χ1n) is 7.01. The zero-order valence-electron chi connectivity index (χ0n) is 11.6. The van der Waals surface area contributed by atoms with Gasteiger partial charge < -0.3 is 10.2 Å². The molecule has 0 saturated carbocycles. The van der Waals surface area contributed by atoms with Gasteiger partial charge in [0.25, 0.3) is 5.91 Å². The van der Waals surface area contributed by atoms with Crippen molar-refractivity contribution >= 4 is 17.4 Å². The van der Waals surface area contributed by atoms with Crippen molar-refractivity contribution in [2.45, 2.75) is 12.8 Å². The molecule has 1 fully saturated rings. The van der Waals surface area contributed by atoms with Crippen LogP contribution < -0.4 is 10.2 Å². The van der Waals surface area contributed by atoms with Gasteiger partial charge in [0.2, 0.25) is 0 Å². The first-order valence-corrected chi connectivity index (χ1v) is 7.01. The van der Waals surface area contributed by atoms with E-state index < -0.39 is 11.7 Å². The Hall–Kier alpha value is -2.43. The highest BCUT2D eigenvalue weighted by Crippen LogP contribution is 2.19. The molecule has 5 heteroatoms. The zero-order chi connectivity index (χ0) is 14.7. The number of rotatable bonds is 3. The maximum Gasteiger partial charge on any atom is 0.258 e. The van der Waals surface area contributed by atoms with E-state index in [0.717, 1.165) is 18.9 Å². The topological polar surface area (TPSA) is 45.2 Å². The van der Waals surface area contributed by atoms with Crippen LogP contribution in [-0.2, 0) is 0 Å². The van der Waals surface area contributed by atoms with E-state index in [1.54, 1.807) is 24.4 Å². The van der Waals surface area contributed by atoms with Crippen LogP contribution in [0.15, 0.2) is 42.6 Å². The molecule has 0 spiro atoms. The third-order valence-electron chi connectivity index (χ3n) is 3.55. The summed E-state index contributed by atoms with van der Waals surface area (Å²) in [4.78, 5) is 18.5. The summed E-state index contributed by atoms with van der Waals surface area (Å²) in [7, 11) is 0. The predicted octanol–water partition coefficient (Wildman–Crippen LogP) is 3.07. The number of halogens is 1. The molecule has 1 saturated heterocycles. The molecule has 3 rings (SSSR count). The summed E-state index contributed by atoms with van der Waals surface area (Å²) in [6.07, 6.45) is 3.98. The minimum absolute atomic E-state index is 0.0288. The van der Waals surface area contributed by atoms with Gasteiger partial charge in [0.1, 0.15) is 11.6 Å². The summed E-state index contributed by atoms with van der Waals surface area (Å²) in [5.41, 5.74) is 0.590. The highest BCUT2D eigenvalue weighted by Gasteiger charge is 2.14. The van der Waals surface area contributed by atoms with Crippen LogP contribution in [0.1, 0.15) is 23.2 Å². The number of nitrogens with zero attached hydrogens (tertiary/aromatic N) is 2. The van der Waals surface area contributed by atoms with Crippen LogP contribution in [0.25, 0.3) is 0 Å². The Balaban J connectivity index is 1.70. The van der Waals surface area contributed by atoms with Gasteiger partial charge in [0.15, 0.2) is 0 Å². The monoisotopic (exact) mass is 285 g/mol. The molecule has 2 aromatic rings. The van der Waals surface area contributed by atoms with E-state index in [0.29, 0.717) is 5.69 Å². The number of nitrogens with one attached hydrogen (secondary N) is 1. The van der Waals surface area contributed by atoms with Crippen molar-refractivity contribution in [3.8, 4) is 0 Å². The van der Waals surface area contributed by atoms with Gasteiger partial charge in [-0.15, -0.1) is 0 Å². The number of hydrogen-bond acceptors (Lipinski definition) is 3. The Morgan fingerprint density at radius 3 is 2.57 bits per heavy atom. The third kappa shape index (κ3) is 3.02. The molecule has 1 aromatic heterocycles. The molecule has 2 heterocycles. The van der Waals surface area contributed by atoms with E-state index in [1.165, 1.54) is 25.0 Å². The number of amides is 1. The van der Waals surface area contributed by atoms with Crippen LogP contribution >= 0.6 is 0 Å². The second-order valence-corrected chi connectivity index (χ2v) is 5.03. The largest absolute Gasteiger partial charge is 0.357 e. The fourth-order valence-corrected chi connectivity index (χ4v) is 2.44. The minimum Gasteiger partial charge on any atom is -0.357 e. The number of carbonyl (C=O) groups excluding carboxylic acids is 1. The average Bonchev–Trinajstić information content (AvgIpc) is 3.02. The van der Waals surface area contributed by atoms with E-state index in [2.05, 4.69) is 15.2 Å². The summed E-state index contributed by atoms with van der Waals surface area (Å²) in [6.45, 7) is 2.04. The van der Waals surface area contributed by atoms with Gasteiger partial charge in [-0.1, -0.05) is 12.1 Å². The molecule has 0 radical (unpaired) electrons. The molecule has 0 unspecified atom stereocenters. The van der Waals surface area contributed by atoms with Crippen molar-refractivity contribution < 1.29 is 9.18 Å². The van der Waals surface area contributed by atoms with Crippen LogP contribution in [0.3, 0.4) is 0 Å². The van der Waals surface area contributed by atoms with Gasteiger partial charge in [0.05, 0.1) is 17.4 Å². The van der Waals surface area contributed by atoms with Crippen LogP contribution in [0.2, 0.25) is 0 Å². The normalized spacial score (nSPS) is 14.2. The second kappa shape index (κ2) is 5.91. The van der Waals surface area contributed by atoms with Crippen molar-refractivity contribution in [3.63, 3.8) is 0 Å². The molecule has 1 aliphatic rings. The third-order valence-corrected chi connectivity index (χ3v) is 3.55. The Morgan fingerprint density at radius 2 is 1.90 bits per heavy atom. The SMILES string of the molecule is O=C(Nc1ccc(N2CCCC2)nc1)c1ccccc1F. The van der Waals surface area contributed by atoms with E-state index in [-0.39, 0.29) is 5.56 Å². The zero-order valence-corrected chi connectivity index (χ0v) is 11.6. The summed E-state index contributed by atoms with van der Waals surface area (Å²) in [5.74, 6) is -0.0862. The van der Waals surface area contributed by atoms with Gasteiger partial charge >= 0.3 is 0 Å². The summed E-state index contributed by atoms with van der Waals surface area (Å²) in [5, 5.41) is 2.66. The predicted molar refractivity (Wildman–Crippen MR) is 80.0 cm³/mol. The van der Waals surface area contributed by atoms with Gasteiger partial charge in [0, 0.05) is 13.1 Å². The standard InChI is InChI=1S/C16H16FN3O/c17-14-6-2-1-5-13(14)16(21)19-12-7-8-15(18-11-12)20-9-3-4-10-20/h1-2,5-8,11H,3-4,9-10H2,(H,19,21). The smallest absolute Gasteiger partial charge is 0.258 e. The lowest BCUT2D eigenvalue weighted by atomic mass is 10.2. The number of benzene rings is 1. The Bertz CT molecular complexity index is 636. The van der Waals surface area contributed by atoms with Crippen molar-refractivity contribution in [2.24, 2.45) is 0 Å². The average molecular weight is 285 g/mol. The molecule has 21 heavy (non-hydrogen) atoms.